The largest absolute Gasteiger partial charge is 0.492 e. The Hall–Kier alpha value is -3.83. The zero-order valence-corrected chi connectivity index (χ0v) is 22.9. The number of carbonyl (C=O) groups is 1. The molecule has 0 radical (unpaired) electrons. The quantitative estimate of drug-likeness (QED) is 0.261. The molecule has 2 aliphatic rings. The topological polar surface area (TPSA) is 105 Å². The Balaban J connectivity index is 1.43. The van der Waals surface area contributed by atoms with Crippen LogP contribution < -0.4 is 14.2 Å². The van der Waals surface area contributed by atoms with E-state index < -0.39 is 41.3 Å². The van der Waals surface area contributed by atoms with E-state index >= 15 is 4.39 Å². The summed E-state index contributed by atoms with van der Waals surface area (Å²) in [5.74, 6) is -1.19. The highest BCUT2D eigenvalue weighted by Crippen LogP contribution is 2.48. The number of aliphatic carboxylic acids is 1. The molecule has 11 heteroatoms. The van der Waals surface area contributed by atoms with Crippen molar-refractivity contribution < 1.29 is 51.9 Å². The molecule has 0 spiro atoms. The molecule has 42 heavy (non-hydrogen) atoms. The third-order valence-electron chi connectivity index (χ3n) is 7.64. The average Bonchev–Trinajstić information content (AvgIpc) is 3.50. The summed E-state index contributed by atoms with van der Waals surface area (Å²) < 4.78 is 74.9. The Labute approximate surface area is 239 Å². The van der Waals surface area contributed by atoms with Gasteiger partial charge in [-0.3, -0.25) is 4.79 Å². The number of benzene rings is 3. The molecule has 0 bridgehead atoms. The average molecular weight is 591 g/mol. The summed E-state index contributed by atoms with van der Waals surface area (Å²) in [6.45, 7) is 2.82. The third kappa shape index (κ3) is 6.03. The predicted molar refractivity (Wildman–Crippen MR) is 143 cm³/mol. The molecule has 7 nitrogen and oxygen atoms in total. The number of hydrogen-bond donors (Lipinski definition) is 3. The third-order valence-corrected chi connectivity index (χ3v) is 7.64. The van der Waals surface area contributed by atoms with Crippen molar-refractivity contribution in [3.05, 3.63) is 76.6 Å². The van der Waals surface area contributed by atoms with Gasteiger partial charge in [-0.1, -0.05) is 18.2 Å². The van der Waals surface area contributed by atoms with Crippen molar-refractivity contribution in [2.24, 2.45) is 0 Å². The van der Waals surface area contributed by atoms with Crippen LogP contribution in [0.2, 0.25) is 0 Å². The zero-order chi connectivity index (χ0) is 30.4. The standard InChI is InChI=1S/C31H30F4O7/c1-30(2,39)26(36)15-40-18-5-3-16(4-6-18)28-21-9-10-24(29(21)23(32)13-22(28)31(33,34)35)42-19-7-8-20-17(11-27(37)38)14-41-25(20)12-19/h3-8,12-13,17,24,26,36,39H,9-11,14-15H2,1-2H3,(H,37,38)/t17?,24-,26-/m1/s1. The van der Waals surface area contributed by atoms with Crippen LogP contribution in [-0.2, 0) is 17.4 Å². The van der Waals surface area contributed by atoms with Crippen molar-refractivity contribution in [2.45, 2.75) is 63.0 Å². The van der Waals surface area contributed by atoms with E-state index in [1.54, 1.807) is 18.2 Å². The lowest BCUT2D eigenvalue weighted by molar-refractivity contribution is -0.138. The molecule has 0 aromatic heterocycles. The molecule has 3 aromatic rings. The van der Waals surface area contributed by atoms with Crippen LogP contribution in [-0.4, -0.2) is 46.2 Å². The fourth-order valence-electron chi connectivity index (χ4n) is 5.39. The Kier molecular flexibility index (Phi) is 7.84. The molecule has 3 N–H and O–H groups in total. The summed E-state index contributed by atoms with van der Waals surface area (Å²) in [6.07, 6.45) is -6.55. The molecule has 1 unspecified atom stereocenters. The summed E-state index contributed by atoms with van der Waals surface area (Å²) in [7, 11) is 0. The summed E-state index contributed by atoms with van der Waals surface area (Å²) in [6, 6.07) is 11.2. The summed E-state index contributed by atoms with van der Waals surface area (Å²) in [5.41, 5.74) is -1.44. The van der Waals surface area contributed by atoms with Gasteiger partial charge >= 0.3 is 12.1 Å². The predicted octanol–water partition coefficient (Wildman–Crippen LogP) is 6.04. The van der Waals surface area contributed by atoms with Crippen LogP contribution in [0, 0.1) is 5.82 Å². The first-order valence-corrected chi connectivity index (χ1v) is 13.4. The maximum Gasteiger partial charge on any atom is 0.417 e. The van der Waals surface area contributed by atoms with Crippen molar-refractivity contribution in [1.29, 1.82) is 0 Å². The second-order valence-corrected chi connectivity index (χ2v) is 11.1. The van der Waals surface area contributed by atoms with Gasteiger partial charge in [-0.2, -0.15) is 13.2 Å². The van der Waals surface area contributed by atoms with E-state index in [2.05, 4.69) is 0 Å². The van der Waals surface area contributed by atoms with Crippen LogP contribution in [0.15, 0.2) is 48.5 Å². The second kappa shape index (κ2) is 11.1. The molecule has 3 atom stereocenters. The number of alkyl halides is 3. The molecular formula is C31H30F4O7. The van der Waals surface area contributed by atoms with Crippen molar-refractivity contribution in [3.63, 3.8) is 0 Å². The van der Waals surface area contributed by atoms with Gasteiger partial charge in [-0.25, -0.2) is 4.39 Å². The van der Waals surface area contributed by atoms with E-state index in [1.807, 2.05) is 0 Å². The summed E-state index contributed by atoms with van der Waals surface area (Å²) >= 11 is 0. The Morgan fingerprint density at radius 2 is 1.79 bits per heavy atom. The summed E-state index contributed by atoms with van der Waals surface area (Å²) in [4.78, 5) is 11.1. The van der Waals surface area contributed by atoms with E-state index in [-0.39, 0.29) is 66.4 Å². The molecule has 224 valence electrons. The number of rotatable bonds is 9. The van der Waals surface area contributed by atoms with Crippen molar-refractivity contribution in [3.8, 4) is 28.4 Å². The van der Waals surface area contributed by atoms with E-state index in [9.17, 15) is 28.2 Å². The van der Waals surface area contributed by atoms with Gasteiger partial charge in [0.25, 0.3) is 0 Å². The van der Waals surface area contributed by atoms with Crippen LogP contribution in [0.4, 0.5) is 17.6 Å². The molecule has 0 fully saturated rings. The maximum absolute atomic E-state index is 15.3. The summed E-state index contributed by atoms with van der Waals surface area (Å²) in [5, 5.41) is 29.0. The van der Waals surface area contributed by atoms with Gasteiger partial charge in [0, 0.05) is 23.1 Å². The molecular weight excluding hydrogens is 560 g/mol. The minimum Gasteiger partial charge on any atom is -0.492 e. The van der Waals surface area contributed by atoms with Gasteiger partial charge in [-0.15, -0.1) is 0 Å². The fraction of sp³-hybridized carbons (Fsp3) is 0.387. The molecule has 1 aliphatic heterocycles. The number of fused-ring (bicyclic) bond motifs is 2. The smallest absolute Gasteiger partial charge is 0.417 e. The van der Waals surface area contributed by atoms with E-state index in [4.69, 9.17) is 19.3 Å². The van der Waals surface area contributed by atoms with Gasteiger partial charge in [0.2, 0.25) is 0 Å². The lowest BCUT2D eigenvalue weighted by atomic mass is 9.91. The van der Waals surface area contributed by atoms with Crippen molar-refractivity contribution in [1.82, 2.24) is 0 Å². The number of aliphatic hydroxyl groups is 2. The fourth-order valence-corrected chi connectivity index (χ4v) is 5.39. The van der Waals surface area contributed by atoms with Crippen molar-refractivity contribution in [2.75, 3.05) is 13.2 Å². The first-order valence-electron chi connectivity index (χ1n) is 13.4. The van der Waals surface area contributed by atoms with Gasteiger partial charge < -0.3 is 29.5 Å². The van der Waals surface area contributed by atoms with Crippen LogP contribution in [0.3, 0.4) is 0 Å². The lowest BCUT2D eigenvalue weighted by Gasteiger charge is -2.24. The highest BCUT2D eigenvalue weighted by molar-refractivity contribution is 5.75. The van der Waals surface area contributed by atoms with Gasteiger partial charge in [0.1, 0.15) is 41.9 Å². The molecule has 0 amide bonds. The normalized spacial score (nSPS) is 18.7. The van der Waals surface area contributed by atoms with E-state index in [0.29, 0.717) is 17.6 Å². The SMILES string of the molecule is CC(C)(O)[C@H](O)COc1ccc(-c2c(C(F)(F)F)cc(F)c3c2CC[C@H]3Oc2ccc3c(c2)OCC3CC(=O)O)cc1. The minimum absolute atomic E-state index is 0.0526. The number of hydrogen-bond acceptors (Lipinski definition) is 6. The van der Waals surface area contributed by atoms with Crippen LogP contribution in [0.1, 0.15) is 61.0 Å². The van der Waals surface area contributed by atoms with Gasteiger partial charge in [0.15, 0.2) is 0 Å². The number of carboxylic acids is 1. The molecule has 1 aliphatic carbocycles. The first-order chi connectivity index (χ1) is 19.7. The lowest BCUT2D eigenvalue weighted by Crippen LogP contribution is -2.40. The van der Waals surface area contributed by atoms with E-state index in [1.165, 1.54) is 38.1 Å². The molecule has 0 saturated heterocycles. The van der Waals surface area contributed by atoms with Crippen LogP contribution >= 0.6 is 0 Å². The molecule has 1 heterocycles. The van der Waals surface area contributed by atoms with E-state index in [0.717, 1.165) is 5.56 Å². The number of ether oxygens (including phenoxy) is 3. The Morgan fingerprint density at radius 3 is 2.43 bits per heavy atom. The minimum atomic E-state index is -4.82. The molecule has 5 rings (SSSR count). The Morgan fingerprint density at radius 1 is 1.10 bits per heavy atom. The monoisotopic (exact) mass is 590 g/mol. The zero-order valence-electron chi connectivity index (χ0n) is 22.9. The second-order valence-electron chi connectivity index (χ2n) is 11.1. The first kappa shape index (κ1) is 29.7. The molecule has 3 aromatic carbocycles. The number of carboxylic acid groups (broad SMARTS) is 1. The van der Waals surface area contributed by atoms with Gasteiger partial charge in [0.05, 0.1) is 24.2 Å². The van der Waals surface area contributed by atoms with Crippen LogP contribution in [0.5, 0.6) is 17.2 Å². The maximum atomic E-state index is 15.3. The highest BCUT2D eigenvalue weighted by Gasteiger charge is 2.40. The van der Waals surface area contributed by atoms with Crippen molar-refractivity contribution >= 4 is 5.97 Å². The van der Waals surface area contributed by atoms with Gasteiger partial charge in [-0.05, 0) is 67.6 Å². The number of aliphatic hydroxyl groups excluding tert-OH is 1. The van der Waals surface area contributed by atoms with Crippen LogP contribution in [0.25, 0.3) is 11.1 Å². The Bertz CT molecular complexity index is 1480. The number of halogens is 4. The highest BCUT2D eigenvalue weighted by atomic mass is 19.4. The molecule has 0 saturated carbocycles.